The predicted molar refractivity (Wildman–Crippen MR) is 50.3 cm³/mol. The first-order valence-corrected chi connectivity index (χ1v) is 4.45. The Bertz CT molecular complexity index is 353. The Morgan fingerprint density at radius 3 is 2.60 bits per heavy atom. The Labute approximate surface area is 86.1 Å². The highest BCUT2D eigenvalue weighted by Crippen LogP contribution is 2.25. The van der Waals surface area contributed by atoms with Crippen molar-refractivity contribution >= 4 is 6.29 Å². The molecule has 5 heteroatoms. The number of carbonyl (C=O) groups excluding carboxylic acids is 1. The first-order chi connectivity index (χ1) is 7.06. The fourth-order valence-electron chi connectivity index (χ4n) is 1.27. The van der Waals surface area contributed by atoms with E-state index in [-0.39, 0.29) is 17.4 Å². The van der Waals surface area contributed by atoms with Gasteiger partial charge in [0.15, 0.2) is 6.29 Å². The number of aromatic nitrogens is 1. The van der Waals surface area contributed by atoms with E-state index in [1.807, 2.05) is 13.8 Å². The third-order valence-corrected chi connectivity index (χ3v) is 1.93. The standard InChI is InChI=1S/C10H11F2NO2/c1-6(2)7-3-4-13-9(8(7)5-14)15-10(11)12/h3-6,10H,1-2H3. The summed E-state index contributed by atoms with van der Waals surface area (Å²) in [5.41, 5.74) is 0.739. The minimum Gasteiger partial charge on any atom is -0.416 e. The van der Waals surface area contributed by atoms with E-state index in [0.717, 1.165) is 0 Å². The Morgan fingerprint density at radius 1 is 1.47 bits per heavy atom. The summed E-state index contributed by atoms with van der Waals surface area (Å²) in [6.45, 7) is 0.738. The third-order valence-electron chi connectivity index (χ3n) is 1.93. The predicted octanol–water partition coefficient (Wildman–Crippen LogP) is 2.62. The first kappa shape index (κ1) is 11.6. The van der Waals surface area contributed by atoms with E-state index in [2.05, 4.69) is 9.72 Å². The average Bonchev–Trinajstić information content (AvgIpc) is 2.16. The maximum Gasteiger partial charge on any atom is 0.388 e. The zero-order valence-electron chi connectivity index (χ0n) is 8.41. The van der Waals surface area contributed by atoms with Crippen LogP contribution in [0.25, 0.3) is 0 Å². The van der Waals surface area contributed by atoms with Gasteiger partial charge in [-0.3, -0.25) is 4.79 Å². The Morgan fingerprint density at radius 2 is 2.13 bits per heavy atom. The molecule has 0 spiro atoms. The highest BCUT2D eigenvalue weighted by atomic mass is 19.3. The Hall–Kier alpha value is -1.52. The molecule has 0 radical (unpaired) electrons. The minimum absolute atomic E-state index is 0.0493. The molecule has 15 heavy (non-hydrogen) atoms. The molecule has 3 nitrogen and oxygen atoms in total. The van der Waals surface area contributed by atoms with Gasteiger partial charge in [0, 0.05) is 6.20 Å². The summed E-state index contributed by atoms with van der Waals surface area (Å²) >= 11 is 0. The van der Waals surface area contributed by atoms with Crippen LogP contribution >= 0.6 is 0 Å². The van der Waals surface area contributed by atoms with Gasteiger partial charge < -0.3 is 4.74 Å². The van der Waals surface area contributed by atoms with Crippen molar-refractivity contribution in [2.45, 2.75) is 26.4 Å². The molecule has 0 aliphatic carbocycles. The molecule has 0 aliphatic rings. The summed E-state index contributed by atoms with van der Waals surface area (Å²) in [4.78, 5) is 14.4. The fourth-order valence-corrected chi connectivity index (χ4v) is 1.27. The monoisotopic (exact) mass is 215 g/mol. The lowest BCUT2D eigenvalue weighted by atomic mass is 10.00. The van der Waals surface area contributed by atoms with Gasteiger partial charge in [0.1, 0.15) is 0 Å². The van der Waals surface area contributed by atoms with Gasteiger partial charge in [-0.25, -0.2) is 4.98 Å². The molecule has 0 saturated carbocycles. The molecule has 0 saturated heterocycles. The molecular weight excluding hydrogens is 204 g/mol. The van der Waals surface area contributed by atoms with Crippen molar-refractivity contribution in [2.75, 3.05) is 0 Å². The summed E-state index contributed by atoms with van der Waals surface area (Å²) in [6.07, 6.45) is 1.83. The van der Waals surface area contributed by atoms with Crippen molar-refractivity contribution in [1.29, 1.82) is 0 Å². The van der Waals surface area contributed by atoms with Gasteiger partial charge in [0.2, 0.25) is 5.88 Å². The Kier molecular flexibility index (Phi) is 3.71. The number of pyridine rings is 1. The van der Waals surface area contributed by atoms with Crippen LogP contribution in [-0.4, -0.2) is 17.9 Å². The van der Waals surface area contributed by atoms with E-state index in [1.165, 1.54) is 6.20 Å². The molecule has 0 aromatic carbocycles. The largest absolute Gasteiger partial charge is 0.416 e. The summed E-state index contributed by atoms with van der Waals surface area (Å²) in [5, 5.41) is 0. The second-order valence-electron chi connectivity index (χ2n) is 3.27. The summed E-state index contributed by atoms with van der Waals surface area (Å²) < 4.78 is 28.1. The lowest BCUT2D eigenvalue weighted by molar-refractivity contribution is -0.0531. The zero-order chi connectivity index (χ0) is 11.4. The van der Waals surface area contributed by atoms with Crippen molar-refractivity contribution in [3.8, 4) is 5.88 Å². The van der Waals surface area contributed by atoms with Crippen molar-refractivity contribution in [3.63, 3.8) is 0 Å². The van der Waals surface area contributed by atoms with Crippen LogP contribution in [0.2, 0.25) is 0 Å². The van der Waals surface area contributed by atoms with E-state index in [4.69, 9.17) is 0 Å². The van der Waals surface area contributed by atoms with Crippen LogP contribution < -0.4 is 4.74 Å². The second kappa shape index (κ2) is 4.82. The molecular formula is C10H11F2NO2. The number of rotatable bonds is 4. The molecule has 0 aliphatic heterocycles. The fraction of sp³-hybridized carbons (Fsp3) is 0.400. The summed E-state index contributed by atoms with van der Waals surface area (Å²) in [7, 11) is 0. The van der Waals surface area contributed by atoms with Crippen LogP contribution in [0.1, 0.15) is 35.7 Å². The summed E-state index contributed by atoms with van der Waals surface area (Å²) in [6, 6.07) is 1.62. The molecule has 0 amide bonds. The lowest BCUT2D eigenvalue weighted by Crippen LogP contribution is -2.08. The van der Waals surface area contributed by atoms with E-state index in [0.29, 0.717) is 11.8 Å². The number of carbonyl (C=O) groups is 1. The smallest absolute Gasteiger partial charge is 0.388 e. The number of nitrogens with zero attached hydrogens (tertiary/aromatic N) is 1. The van der Waals surface area contributed by atoms with Gasteiger partial charge in [-0.05, 0) is 17.5 Å². The van der Waals surface area contributed by atoms with Crippen molar-refractivity contribution in [1.82, 2.24) is 4.98 Å². The van der Waals surface area contributed by atoms with E-state index in [9.17, 15) is 13.6 Å². The highest BCUT2D eigenvalue weighted by Gasteiger charge is 2.15. The molecule has 0 bridgehead atoms. The molecule has 82 valence electrons. The van der Waals surface area contributed by atoms with Gasteiger partial charge in [0.25, 0.3) is 0 Å². The zero-order valence-corrected chi connectivity index (χ0v) is 8.41. The van der Waals surface area contributed by atoms with Crippen LogP contribution in [0, 0.1) is 0 Å². The molecule has 1 heterocycles. The van der Waals surface area contributed by atoms with Gasteiger partial charge in [-0.1, -0.05) is 13.8 Å². The topological polar surface area (TPSA) is 39.2 Å². The number of hydrogen-bond acceptors (Lipinski definition) is 3. The molecule has 0 unspecified atom stereocenters. The van der Waals surface area contributed by atoms with Crippen molar-refractivity contribution in [3.05, 3.63) is 23.4 Å². The van der Waals surface area contributed by atoms with Gasteiger partial charge >= 0.3 is 6.61 Å². The molecule has 1 aromatic heterocycles. The SMILES string of the molecule is CC(C)c1ccnc(OC(F)F)c1C=O. The van der Waals surface area contributed by atoms with E-state index >= 15 is 0 Å². The summed E-state index contributed by atoms with van der Waals surface area (Å²) in [5.74, 6) is -0.264. The Balaban J connectivity index is 3.16. The first-order valence-electron chi connectivity index (χ1n) is 4.45. The van der Waals surface area contributed by atoms with E-state index < -0.39 is 6.61 Å². The molecule has 0 atom stereocenters. The van der Waals surface area contributed by atoms with Gasteiger partial charge in [-0.15, -0.1) is 0 Å². The van der Waals surface area contributed by atoms with Crippen molar-refractivity contribution < 1.29 is 18.3 Å². The maximum atomic E-state index is 12.0. The van der Waals surface area contributed by atoms with Gasteiger partial charge in [0.05, 0.1) is 5.56 Å². The molecule has 1 aromatic rings. The van der Waals surface area contributed by atoms with E-state index in [1.54, 1.807) is 6.07 Å². The normalized spacial score (nSPS) is 10.8. The number of aldehydes is 1. The van der Waals surface area contributed by atoms with Crippen LogP contribution in [0.15, 0.2) is 12.3 Å². The number of alkyl halides is 2. The molecule has 0 N–H and O–H groups in total. The number of ether oxygens (including phenoxy) is 1. The highest BCUT2D eigenvalue weighted by molar-refractivity contribution is 5.80. The maximum absolute atomic E-state index is 12.0. The third kappa shape index (κ3) is 2.71. The number of halogens is 2. The second-order valence-corrected chi connectivity index (χ2v) is 3.27. The quantitative estimate of drug-likeness (QED) is 0.725. The van der Waals surface area contributed by atoms with Gasteiger partial charge in [-0.2, -0.15) is 8.78 Å². The number of hydrogen-bond donors (Lipinski definition) is 0. The van der Waals surface area contributed by atoms with Crippen molar-refractivity contribution in [2.24, 2.45) is 0 Å². The van der Waals surface area contributed by atoms with Crippen LogP contribution in [0.3, 0.4) is 0 Å². The minimum atomic E-state index is -2.97. The molecule has 0 fully saturated rings. The lowest BCUT2D eigenvalue weighted by Gasteiger charge is -2.11. The van der Waals surface area contributed by atoms with Crippen LogP contribution in [-0.2, 0) is 0 Å². The average molecular weight is 215 g/mol. The van der Waals surface area contributed by atoms with Crippen LogP contribution in [0.4, 0.5) is 8.78 Å². The molecule has 1 rings (SSSR count). The van der Waals surface area contributed by atoms with Crippen LogP contribution in [0.5, 0.6) is 5.88 Å².